The van der Waals surface area contributed by atoms with Gasteiger partial charge in [-0.3, -0.25) is 15.0 Å². The average molecular weight is 366 g/mol. The molecule has 1 amide bonds. The molecule has 0 aliphatic carbocycles. The van der Waals surface area contributed by atoms with Gasteiger partial charge in [0.05, 0.1) is 24.5 Å². The Morgan fingerprint density at radius 1 is 1.24 bits per heavy atom. The van der Waals surface area contributed by atoms with Gasteiger partial charge in [0.1, 0.15) is 0 Å². The number of hydrogen-bond acceptors (Lipinski definition) is 5. The third-order valence-corrected chi connectivity index (χ3v) is 5.21. The van der Waals surface area contributed by atoms with Gasteiger partial charge in [0.15, 0.2) is 0 Å². The molecule has 2 aliphatic rings. The van der Waals surface area contributed by atoms with Crippen molar-refractivity contribution in [3.63, 3.8) is 0 Å². The number of rotatable bonds is 4. The Kier molecular flexibility index (Phi) is 5.93. The van der Waals surface area contributed by atoms with Crippen LogP contribution < -0.4 is 10.9 Å². The molecule has 1 aromatic carbocycles. The minimum atomic E-state index is -0.166. The van der Waals surface area contributed by atoms with Gasteiger partial charge in [-0.25, -0.2) is 5.43 Å². The molecule has 2 unspecified atom stereocenters. The van der Waals surface area contributed by atoms with Crippen molar-refractivity contribution >= 4 is 23.5 Å². The molecule has 25 heavy (non-hydrogen) atoms. The van der Waals surface area contributed by atoms with Crippen LogP contribution in [-0.2, 0) is 14.3 Å². The lowest BCUT2D eigenvalue weighted by atomic mass is 9.91. The second-order valence-electron chi connectivity index (χ2n) is 6.51. The van der Waals surface area contributed by atoms with E-state index in [1.165, 1.54) is 0 Å². The van der Waals surface area contributed by atoms with Gasteiger partial charge < -0.3 is 9.64 Å². The smallest absolute Gasteiger partial charge is 0.309 e. The third-order valence-electron chi connectivity index (χ3n) is 4.95. The predicted molar refractivity (Wildman–Crippen MR) is 94.8 cm³/mol. The molecule has 1 aromatic rings. The molecule has 2 saturated heterocycles. The van der Waals surface area contributed by atoms with Crippen LogP contribution in [0.4, 0.5) is 0 Å². The average Bonchev–Trinajstić information content (AvgIpc) is 3.12. The Bertz CT molecular complexity index is 614. The summed E-state index contributed by atoms with van der Waals surface area (Å²) < 4.78 is 5.09. The Morgan fingerprint density at radius 3 is 2.56 bits per heavy atom. The van der Waals surface area contributed by atoms with Gasteiger partial charge in [0.25, 0.3) is 0 Å². The van der Waals surface area contributed by atoms with E-state index < -0.39 is 0 Å². The molecule has 2 aliphatic heterocycles. The molecule has 2 heterocycles. The fraction of sp³-hybridized carbons (Fsp3) is 0.556. The first kappa shape index (κ1) is 18.2. The van der Waals surface area contributed by atoms with Crippen LogP contribution in [0.25, 0.3) is 0 Å². The first-order chi connectivity index (χ1) is 12.1. The molecule has 2 atom stereocenters. The number of piperidine rings is 1. The molecule has 2 fully saturated rings. The number of likely N-dealkylation sites (tertiary alicyclic amines) is 1. The zero-order valence-electron chi connectivity index (χ0n) is 14.3. The van der Waals surface area contributed by atoms with Crippen LogP contribution in [-0.4, -0.2) is 43.0 Å². The highest BCUT2D eigenvalue weighted by Crippen LogP contribution is 2.29. The van der Waals surface area contributed by atoms with E-state index in [1.54, 1.807) is 0 Å². The number of ether oxygens (including phenoxy) is 1. The van der Waals surface area contributed by atoms with Gasteiger partial charge in [-0.1, -0.05) is 23.7 Å². The van der Waals surface area contributed by atoms with E-state index in [1.807, 2.05) is 36.1 Å². The Hall–Kier alpha value is -1.63. The van der Waals surface area contributed by atoms with Gasteiger partial charge >= 0.3 is 5.97 Å². The topological polar surface area (TPSA) is 70.7 Å². The second-order valence-corrected chi connectivity index (χ2v) is 6.95. The maximum absolute atomic E-state index is 13.0. The lowest BCUT2D eigenvalue weighted by Gasteiger charge is -2.33. The molecular formula is C18H24ClN3O3. The standard InChI is InChI=1S/C18H24ClN3O3/c1-2-25-18(24)13-7-9-22(10-8-13)17(23)15-11-20-21-16(15)12-3-5-14(19)6-4-12/h3-6,13,15-16,20-21H,2,7-11H2,1H3. The monoisotopic (exact) mass is 365 g/mol. The van der Waals surface area contributed by atoms with E-state index in [0.717, 1.165) is 5.56 Å². The van der Waals surface area contributed by atoms with Crippen molar-refractivity contribution in [3.05, 3.63) is 34.9 Å². The van der Waals surface area contributed by atoms with E-state index in [9.17, 15) is 9.59 Å². The largest absolute Gasteiger partial charge is 0.466 e. The summed E-state index contributed by atoms with van der Waals surface area (Å²) >= 11 is 5.95. The summed E-state index contributed by atoms with van der Waals surface area (Å²) in [4.78, 5) is 26.7. The molecule has 6 nitrogen and oxygen atoms in total. The van der Waals surface area contributed by atoms with Crippen LogP contribution in [0.2, 0.25) is 5.02 Å². The fourth-order valence-corrected chi connectivity index (χ4v) is 3.67. The number of nitrogens with one attached hydrogen (secondary N) is 2. The highest BCUT2D eigenvalue weighted by molar-refractivity contribution is 6.30. The normalized spacial score (nSPS) is 24.3. The quantitative estimate of drug-likeness (QED) is 0.797. The van der Waals surface area contributed by atoms with Crippen LogP contribution in [0.15, 0.2) is 24.3 Å². The summed E-state index contributed by atoms with van der Waals surface area (Å²) in [5, 5.41) is 0.679. The van der Waals surface area contributed by atoms with Crippen LogP contribution in [0.5, 0.6) is 0 Å². The number of nitrogens with zero attached hydrogens (tertiary/aromatic N) is 1. The van der Waals surface area contributed by atoms with Gasteiger partial charge in [0, 0.05) is 24.7 Å². The molecular weight excluding hydrogens is 342 g/mol. The first-order valence-electron chi connectivity index (χ1n) is 8.79. The molecule has 0 saturated carbocycles. The first-order valence-corrected chi connectivity index (χ1v) is 9.17. The highest BCUT2D eigenvalue weighted by atomic mass is 35.5. The predicted octanol–water partition coefficient (Wildman–Crippen LogP) is 1.91. The Balaban J connectivity index is 1.61. The molecule has 0 spiro atoms. The number of benzene rings is 1. The number of halogens is 1. The van der Waals surface area contributed by atoms with E-state index in [0.29, 0.717) is 44.1 Å². The zero-order valence-corrected chi connectivity index (χ0v) is 15.1. The molecule has 0 aromatic heterocycles. The van der Waals surface area contributed by atoms with Gasteiger partial charge in [-0.05, 0) is 37.5 Å². The molecule has 0 bridgehead atoms. The number of hydrazine groups is 1. The molecule has 136 valence electrons. The van der Waals surface area contributed by atoms with Crippen molar-refractivity contribution < 1.29 is 14.3 Å². The fourth-order valence-electron chi connectivity index (χ4n) is 3.54. The van der Waals surface area contributed by atoms with Gasteiger partial charge in [-0.2, -0.15) is 0 Å². The summed E-state index contributed by atoms with van der Waals surface area (Å²) in [5.74, 6) is -0.270. The summed E-state index contributed by atoms with van der Waals surface area (Å²) in [7, 11) is 0. The lowest BCUT2D eigenvalue weighted by Crippen LogP contribution is -2.45. The third kappa shape index (κ3) is 4.14. The number of hydrogen-bond donors (Lipinski definition) is 2. The van der Waals surface area contributed by atoms with E-state index >= 15 is 0 Å². The molecule has 3 rings (SSSR count). The molecule has 7 heteroatoms. The Morgan fingerprint density at radius 2 is 1.92 bits per heavy atom. The van der Waals surface area contributed by atoms with Crippen molar-refractivity contribution in [1.82, 2.24) is 15.8 Å². The summed E-state index contributed by atoms with van der Waals surface area (Å²) in [6.07, 6.45) is 1.34. The Labute approximate surface area is 152 Å². The van der Waals surface area contributed by atoms with E-state index in [4.69, 9.17) is 16.3 Å². The number of carbonyl (C=O) groups is 2. The van der Waals surface area contributed by atoms with Crippen LogP contribution in [0, 0.1) is 11.8 Å². The number of carbonyl (C=O) groups excluding carboxylic acids is 2. The molecule has 0 radical (unpaired) electrons. The van der Waals surface area contributed by atoms with Crippen molar-refractivity contribution in [1.29, 1.82) is 0 Å². The van der Waals surface area contributed by atoms with Gasteiger partial charge in [0.2, 0.25) is 5.91 Å². The summed E-state index contributed by atoms with van der Waals surface area (Å²) in [5.41, 5.74) is 7.32. The van der Waals surface area contributed by atoms with Crippen molar-refractivity contribution in [3.8, 4) is 0 Å². The van der Waals surface area contributed by atoms with Crippen molar-refractivity contribution in [2.75, 3.05) is 26.2 Å². The highest BCUT2D eigenvalue weighted by Gasteiger charge is 2.38. The summed E-state index contributed by atoms with van der Waals surface area (Å²) in [6.45, 7) is 4.01. The van der Waals surface area contributed by atoms with Crippen molar-refractivity contribution in [2.24, 2.45) is 11.8 Å². The molecule has 2 N–H and O–H groups in total. The minimum absolute atomic E-state index is 0.0763. The lowest BCUT2D eigenvalue weighted by molar-refractivity contribution is -0.151. The van der Waals surface area contributed by atoms with Crippen LogP contribution in [0.1, 0.15) is 31.4 Å². The zero-order chi connectivity index (χ0) is 17.8. The summed E-state index contributed by atoms with van der Waals surface area (Å²) in [6, 6.07) is 7.49. The number of amides is 1. The maximum atomic E-state index is 13.0. The van der Waals surface area contributed by atoms with E-state index in [2.05, 4.69) is 10.9 Å². The maximum Gasteiger partial charge on any atom is 0.309 e. The minimum Gasteiger partial charge on any atom is -0.466 e. The van der Waals surface area contributed by atoms with Crippen LogP contribution in [0.3, 0.4) is 0 Å². The van der Waals surface area contributed by atoms with E-state index in [-0.39, 0.29) is 29.8 Å². The van der Waals surface area contributed by atoms with Crippen molar-refractivity contribution in [2.45, 2.75) is 25.8 Å². The van der Waals surface area contributed by atoms with Crippen LogP contribution >= 0.6 is 11.6 Å². The SMILES string of the molecule is CCOC(=O)C1CCN(C(=O)C2CNNC2c2ccc(Cl)cc2)CC1. The number of esters is 1. The second kappa shape index (κ2) is 8.17. The van der Waals surface area contributed by atoms with Gasteiger partial charge in [-0.15, -0.1) is 0 Å².